The number of benzene rings is 3. The van der Waals surface area contributed by atoms with Crippen LogP contribution in [0.2, 0.25) is 45.2 Å². The van der Waals surface area contributed by atoms with Crippen LogP contribution in [0.3, 0.4) is 0 Å². The maximum absolute atomic E-state index is 6.70. The second-order valence-corrected chi connectivity index (χ2v) is 10.6. The van der Waals surface area contributed by atoms with E-state index < -0.39 is 6.71 Å². The van der Waals surface area contributed by atoms with Gasteiger partial charge in [0.1, 0.15) is 0 Å². The van der Waals surface area contributed by atoms with E-state index in [0.717, 1.165) is 0 Å². The molecule has 0 heterocycles. The molecule has 3 aromatic carbocycles. The lowest BCUT2D eigenvalue weighted by molar-refractivity contribution is 1.47. The normalized spacial score (nSPS) is 11.2. The van der Waals surface area contributed by atoms with Crippen LogP contribution in [0.4, 0.5) is 0 Å². The zero-order valence-electron chi connectivity index (χ0n) is 16.2. The van der Waals surface area contributed by atoms with E-state index in [1.165, 1.54) is 0 Å². The standard InChI is InChI=1S/C21H12BCl9/c1-7-4-10(23)13(19(29)16(7)26)22(14-11(24)5-8(2)17(27)20(14)30)15-12(25)6-9(3)18(28)21(15)31/h4-6H,1-3H3. The minimum Gasteiger partial charge on any atom is -0.0848 e. The molecule has 0 atom stereocenters. The van der Waals surface area contributed by atoms with Gasteiger partial charge in [-0.05, 0) is 72.0 Å². The van der Waals surface area contributed by atoms with Gasteiger partial charge < -0.3 is 0 Å². The van der Waals surface area contributed by atoms with Crippen LogP contribution in [-0.4, -0.2) is 6.71 Å². The highest BCUT2D eigenvalue weighted by atomic mass is 35.5. The maximum atomic E-state index is 6.70. The van der Waals surface area contributed by atoms with Crippen LogP contribution in [0.1, 0.15) is 16.7 Å². The predicted molar refractivity (Wildman–Crippen MR) is 143 cm³/mol. The fraction of sp³-hybridized carbons (Fsp3) is 0.143. The summed E-state index contributed by atoms with van der Waals surface area (Å²) >= 11 is 59.5. The molecule has 31 heavy (non-hydrogen) atoms. The van der Waals surface area contributed by atoms with E-state index >= 15 is 0 Å². The van der Waals surface area contributed by atoms with E-state index in [-0.39, 0.29) is 15.1 Å². The first kappa shape index (κ1) is 25.9. The van der Waals surface area contributed by atoms with Gasteiger partial charge in [-0.2, -0.15) is 0 Å². The third kappa shape index (κ3) is 4.65. The number of hydrogen-bond acceptors (Lipinski definition) is 0. The Morgan fingerprint density at radius 2 is 0.645 bits per heavy atom. The van der Waals surface area contributed by atoms with Crippen molar-refractivity contribution >= 4 is 128 Å². The second kappa shape index (κ2) is 9.91. The minimum atomic E-state index is -0.797. The van der Waals surface area contributed by atoms with Gasteiger partial charge in [0, 0.05) is 15.1 Å². The second-order valence-electron chi connectivity index (χ2n) is 7.08. The van der Waals surface area contributed by atoms with Crippen molar-refractivity contribution < 1.29 is 0 Å². The van der Waals surface area contributed by atoms with Gasteiger partial charge >= 0.3 is 0 Å². The van der Waals surface area contributed by atoms with E-state index in [0.29, 0.717) is 63.2 Å². The van der Waals surface area contributed by atoms with E-state index in [2.05, 4.69) is 0 Å². The first-order valence-electron chi connectivity index (χ1n) is 8.80. The topological polar surface area (TPSA) is 0 Å². The molecule has 3 rings (SSSR count). The smallest absolute Gasteiger partial charge is 0.0848 e. The van der Waals surface area contributed by atoms with Crippen LogP contribution in [0.15, 0.2) is 18.2 Å². The van der Waals surface area contributed by atoms with Gasteiger partial charge in [-0.25, -0.2) is 0 Å². The highest BCUT2D eigenvalue weighted by Gasteiger charge is 2.36. The Hall–Kier alpha value is 0.335. The van der Waals surface area contributed by atoms with E-state index in [1.807, 2.05) is 0 Å². The molecule has 0 amide bonds. The molecule has 0 saturated carbocycles. The monoisotopic (exact) mass is 590 g/mol. The zero-order chi connectivity index (χ0) is 23.4. The molecule has 0 radical (unpaired) electrons. The van der Waals surface area contributed by atoms with E-state index in [1.54, 1.807) is 39.0 Å². The Bertz CT molecular complexity index is 1070. The molecule has 162 valence electrons. The molecule has 0 nitrogen and oxygen atoms in total. The summed E-state index contributed by atoms with van der Waals surface area (Å²) in [5, 5.41) is 2.70. The highest BCUT2D eigenvalue weighted by Crippen LogP contribution is 2.34. The third-order valence-corrected chi connectivity index (χ3v) is 8.86. The van der Waals surface area contributed by atoms with Crippen LogP contribution in [-0.2, 0) is 0 Å². The molecular weight excluding hydrogens is 582 g/mol. The first-order chi connectivity index (χ1) is 14.4. The lowest BCUT2D eigenvalue weighted by atomic mass is 9.36. The van der Waals surface area contributed by atoms with Crippen molar-refractivity contribution in [3.05, 3.63) is 80.1 Å². The van der Waals surface area contributed by atoms with Gasteiger partial charge in [0.05, 0.1) is 30.1 Å². The summed E-state index contributed by atoms with van der Waals surface area (Å²) in [5.74, 6) is 0. The van der Waals surface area contributed by atoms with Crippen LogP contribution < -0.4 is 16.4 Å². The molecular formula is C21H12BCl9. The number of halogens is 9. The van der Waals surface area contributed by atoms with Crippen LogP contribution in [0.5, 0.6) is 0 Å². The number of aryl methyl sites for hydroxylation is 3. The van der Waals surface area contributed by atoms with Gasteiger partial charge in [-0.15, -0.1) is 0 Å². The fourth-order valence-corrected chi connectivity index (χ4v) is 6.20. The molecule has 0 fully saturated rings. The van der Waals surface area contributed by atoms with E-state index in [9.17, 15) is 0 Å². The van der Waals surface area contributed by atoms with Gasteiger partial charge in [0.25, 0.3) is 6.71 Å². The minimum absolute atomic E-state index is 0.226. The summed E-state index contributed by atoms with van der Waals surface area (Å²) in [4.78, 5) is 0. The molecule has 0 aliphatic carbocycles. The van der Waals surface area contributed by atoms with Gasteiger partial charge in [-0.3, -0.25) is 0 Å². The van der Waals surface area contributed by atoms with Crippen molar-refractivity contribution in [1.29, 1.82) is 0 Å². The van der Waals surface area contributed by atoms with Crippen molar-refractivity contribution in [2.24, 2.45) is 0 Å². The molecule has 3 aromatic rings. The Labute approximate surface area is 226 Å². The molecule has 0 unspecified atom stereocenters. The van der Waals surface area contributed by atoms with E-state index in [4.69, 9.17) is 104 Å². The Balaban J connectivity index is 2.56. The molecule has 0 N–H and O–H groups in total. The zero-order valence-corrected chi connectivity index (χ0v) is 23.0. The first-order valence-corrected chi connectivity index (χ1v) is 12.2. The van der Waals surface area contributed by atoms with Crippen molar-refractivity contribution in [3.63, 3.8) is 0 Å². The molecule has 0 aliphatic rings. The summed E-state index contributed by atoms with van der Waals surface area (Å²) in [7, 11) is 0. The largest absolute Gasteiger partial charge is 0.253 e. The van der Waals surface area contributed by atoms with Gasteiger partial charge in [0.15, 0.2) is 0 Å². The lowest BCUT2D eigenvalue weighted by Crippen LogP contribution is -2.55. The van der Waals surface area contributed by atoms with Crippen LogP contribution >= 0.6 is 104 Å². The predicted octanol–water partition coefficient (Wildman–Crippen LogP) is 9.01. The third-order valence-electron chi connectivity index (χ3n) is 4.99. The molecule has 0 saturated heterocycles. The maximum Gasteiger partial charge on any atom is 0.253 e. The summed E-state index contributed by atoms with van der Waals surface area (Å²) in [6.07, 6.45) is 0. The van der Waals surface area contributed by atoms with Crippen LogP contribution in [0.25, 0.3) is 0 Å². The van der Waals surface area contributed by atoms with Gasteiger partial charge in [0.2, 0.25) is 0 Å². The van der Waals surface area contributed by atoms with Crippen molar-refractivity contribution in [2.45, 2.75) is 20.8 Å². The summed E-state index contributed by atoms with van der Waals surface area (Å²) in [5.41, 5.74) is 3.43. The van der Waals surface area contributed by atoms with Crippen molar-refractivity contribution in [2.75, 3.05) is 0 Å². The van der Waals surface area contributed by atoms with Crippen LogP contribution in [0, 0.1) is 20.8 Å². The molecule has 0 spiro atoms. The SMILES string of the molecule is Cc1cc(Cl)c(B(c2c(Cl)cc(C)c(Cl)c2Cl)c2c(Cl)cc(C)c(Cl)c2Cl)c(Cl)c1Cl. The lowest BCUT2D eigenvalue weighted by Gasteiger charge is -2.25. The van der Waals surface area contributed by atoms with Crippen molar-refractivity contribution in [3.8, 4) is 0 Å². The Morgan fingerprint density at radius 1 is 0.419 bits per heavy atom. The van der Waals surface area contributed by atoms with Crippen molar-refractivity contribution in [1.82, 2.24) is 0 Å². The average molecular weight is 594 g/mol. The Kier molecular flexibility index (Phi) is 8.29. The number of rotatable bonds is 3. The molecule has 0 bridgehead atoms. The average Bonchev–Trinajstić information content (AvgIpc) is 2.68. The molecule has 0 aromatic heterocycles. The molecule has 10 heteroatoms. The van der Waals surface area contributed by atoms with Gasteiger partial charge in [-0.1, -0.05) is 104 Å². The quantitative estimate of drug-likeness (QED) is 0.210. The number of hydrogen-bond donors (Lipinski definition) is 0. The summed E-state index contributed by atoms with van der Waals surface area (Å²) in [6.45, 7) is 4.59. The highest BCUT2D eigenvalue weighted by molar-refractivity contribution is 7.02. The summed E-state index contributed by atoms with van der Waals surface area (Å²) < 4.78 is 0. The fourth-order valence-electron chi connectivity index (χ4n) is 3.41. The molecule has 0 aliphatic heterocycles. The summed E-state index contributed by atoms with van der Waals surface area (Å²) in [6, 6.07) is 5.11. The Morgan fingerprint density at radius 3 is 0.871 bits per heavy atom.